The molecule has 0 bridgehead atoms. The molecule has 6 N–H and O–H groups in total. The number of carbonyl (C=O) groups excluding carboxylic acids is 2. The average Bonchev–Trinajstić information content (AvgIpc) is 3.44. The van der Waals surface area contributed by atoms with Gasteiger partial charge in [-0.2, -0.15) is 9.52 Å². The number of aldehydes is 1. The topological polar surface area (TPSA) is 171 Å². The summed E-state index contributed by atoms with van der Waals surface area (Å²) in [6.07, 6.45) is 5.39. The zero-order valence-corrected chi connectivity index (χ0v) is 22.1. The summed E-state index contributed by atoms with van der Waals surface area (Å²) in [6.45, 7) is 3.04. The van der Waals surface area contributed by atoms with Crippen LogP contribution in [-0.2, 0) is 25.2 Å². The van der Waals surface area contributed by atoms with E-state index in [1.807, 2.05) is 23.1 Å². The Morgan fingerprint density at radius 1 is 1.27 bits per heavy atom. The van der Waals surface area contributed by atoms with Crippen molar-refractivity contribution in [1.29, 1.82) is 0 Å². The maximum atomic E-state index is 14.2. The summed E-state index contributed by atoms with van der Waals surface area (Å²) in [6, 6.07) is 7.34. The number of nitrogens with one attached hydrogen (secondary N) is 1. The lowest BCUT2D eigenvalue weighted by atomic mass is 9.72. The molecule has 2 atom stereocenters. The summed E-state index contributed by atoms with van der Waals surface area (Å²) in [5.41, 5.74) is 1.07. The van der Waals surface area contributed by atoms with Gasteiger partial charge >= 0.3 is 0 Å². The van der Waals surface area contributed by atoms with Crippen LogP contribution in [0.2, 0.25) is 0 Å². The van der Waals surface area contributed by atoms with Crippen molar-refractivity contribution in [1.82, 2.24) is 14.6 Å². The average molecular weight is 535 g/mol. The molecule has 2 unspecified atom stereocenters. The van der Waals surface area contributed by atoms with Gasteiger partial charge in [-0.3, -0.25) is 9.69 Å². The van der Waals surface area contributed by atoms with Crippen LogP contribution in [-0.4, -0.2) is 72.9 Å². The van der Waals surface area contributed by atoms with Gasteiger partial charge in [0.2, 0.25) is 0 Å². The summed E-state index contributed by atoms with van der Waals surface area (Å²) in [5.74, 6) is 10.3. The lowest BCUT2D eigenvalue weighted by Crippen LogP contribution is -2.64. The summed E-state index contributed by atoms with van der Waals surface area (Å²) in [5, 5.41) is 15.8. The third-order valence-corrected chi connectivity index (χ3v) is 9.46. The van der Waals surface area contributed by atoms with Crippen molar-refractivity contribution in [2.45, 2.75) is 62.7 Å². The maximum absolute atomic E-state index is 14.2. The Bertz CT molecular complexity index is 1130. The zero-order chi connectivity index (χ0) is 27.1. The number of hydrogen-bond donors (Lipinski definition) is 4. The standard InChI is InChI=1S/C25H38N6O5S/c1-19-20-9-4-5-10-22(20)25(17-33,30-14-7-8-15-30)24(21(19)12-16-32)37(35,36)31(27)23(34)11-3-2-6-13-28-18-29-26/h4-5,9-10,16,18,24,33H,2-3,6-8,11-15,17,26-27H2,1H3,(H,28,29). The van der Waals surface area contributed by atoms with Gasteiger partial charge in [-0.25, -0.2) is 14.3 Å². The number of hydrogen-bond acceptors (Lipinski definition) is 9. The van der Waals surface area contributed by atoms with Crippen molar-refractivity contribution >= 4 is 34.1 Å². The minimum absolute atomic E-state index is 0.0500. The number of nitrogens with zero attached hydrogens (tertiary/aromatic N) is 3. The molecule has 1 amide bonds. The molecule has 1 heterocycles. The first-order valence-electron chi connectivity index (χ1n) is 12.6. The van der Waals surface area contributed by atoms with Crippen LogP contribution in [0.15, 0.2) is 34.9 Å². The van der Waals surface area contributed by atoms with Crippen molar-refractivity contribution in [3.05, 3.63) is 41.0 Å². The van der Waals surface area contributed by atoms with E-state index in [0.29, 0.717) is 59.9 Å². The molecule has 11 nitrogen and oxygen atoms in total. The van der Waals surface area contributed by atoms with E-state index >= 15 is 0 Å². The van der Waals surface area contributed by atoms with Crippen LogP contribution in [0.3, 0.4) is 0 Å². The predicted molar refractivity (Wildman–Crippen MR) is 142 cm³/mol. The highest BCUT2D eigenvalue weighted by Crippen LogP contribution is 2.50. The Morgan fingerprint density at radius 3 is 2.62 bits per heavy atom. The lowest BCUT2D eigenvalue weighted by Gasteiger charge is -2.50. The van der Waals surface area contributed by atoms with E-state index in [0.717, 1.165) is 24.8 Å². The number of allylic oxidation sites excluding steroid dienone is 1. The van der Waals surface area contributed by atoms with Gasteiger partial charge in [0.1, 0.15) is 17.9 Å². The molecule has 204 valence electrons. The van der Waals surface area contributed by atoms with Crippen molar-refractivity contribution in [2.75, 3.05) is 26.2 Å². The van der Waals surface area contributed by atoms with Crippen LogP contribution in [0.4, 0.5) is 0 Å². The molecule has 1 aromatic carbocycles. The molecular formula is C25H38N6O5S. The van der Waals surface area contributed by atoms with Crippen molar-refractivity contribution in [2.24, 2.45) is 16.8 Å². The SMILES string of the molecule is CC1=C(CC=O)C(S(=O)(=O)N(N)C(=O)CCCCCNC=NN)C(CO)(N2CCCC2)c2ccccc21. The fourth-order valence-corrected chi connectivity index (χ4v) is 7.72. The Hall–Kier alpha value is -2.80. The van der Waals surface area contributed by atoms with Gasteiger partial charge < -0.3 is 21.1 Å². The number of hydrazine groups is 1. The van der Waals surface area contributed by atoms with Crippen molar-refractivity contribution < 1.29 is 23.1 Å². The smallest absolute Gasteiger partial charge is 0.259 e. The normalized spacial score (nSPS) is 22.3. The van der Waals surface area contributed by atoms with Gasteiger partial charge in [0.05, 0.1) is 12.1 Å². The number of unbranched alkanes of at least 4 members (excludes halogenated alkanes) is 2. The molecule has 0 radical (unpaired) electrons. The highest BCUT2D eigenvalue weighted by molar-refractivity contribution is 7.90. The first kappa shape index (κ1) is 28.8. The van der Waals surface area contributed by atoms with Gasteiger partial charge in [-0.05, 0) is 68.0 Å². The molecule has 37 heavy (non-hydrogen) atoms. The Kier molecular flexibility index (Phi) is 9.82. The second kappa shape index (κ2) is 12.6. The molecule has 0 spiro atoms. The molecule has 1 aliphatic carbocycles. The second-order valence-electron chi connectivity index (χ2n) is 9.50. The molecular weight excluding hydrogens is 496 g/mol. The van der Waals surface area contributed by atoms with E-state index in [-0.39, 0.29) is 12.8 Å². The molecule has 1 aromatic rings. The first-order valence-corrected chi connectivity index (χ1v) is 14.1. The van der Waals surface area contributed by atoms with Gasteiger partial charge in [0.25, 0.3) is 15.9 Å². The molecule has 2 aliphatic rings. The molecule has 1 fully saturated rings. The molecule has 3 rings (SSSR count). The third-order valence-electron chi connectivity index (χ3n) is 7.44. The van der Waals surface area contributed by atoms with Crippen LogP contribution in [0.25, 0.3) is 5.57 Å². The molecule has 12 heteroatoms. The zero-order valence-electron chi connectivity index (χ0n) is 21.3. The van der Waals surface area contributed by atoms with Crippen molar-refractivity contribution in [3.63, 3.8) is 0 Å². The van der Waals surface area contributed by atoms with E-state index in [4.69, 9.17) is 11.7 Å². The van der Waals surface area contributed by atoms with Gasteiger partial charge in [0.15, 0.2) is 0 Å². The molecule has 1 saturated heterocycles. The number of amides is 1. The highest BCUT2D eigenvalue weighted by atomic mass is 32.2. The molecule has 0 aromatic heterocycles. The lowest BCUT2D eigenvalue weighted by molar-refractivity contribution is -0.126. The van der Waals surface area contributed by atoms with Crippen LogP contribution < -0.4 is 17.0 Å². The summed E-state index contributed by atoms with van der Waals surface area (Å²) >= 11 is 0. The first-order chi connectivity index (χ1) is 17.8. The maximum Gasteiger partial charge on any atom is 0.259 e. The number of aliphatic hydroxyl groups excluding tert-OH is 1. The highest BCUT2D eigenvalue weighted by Gasteiger charge is 2.58. The van der Waals surface area contributed by atoms with E-state index in [2.05, 4.69) is 10.4 Å². The van der Waals surface area contributed by atoms with Gasteiger partial charge in [-0.1, -0.05) is 30.7 Å². The third kappa shape index (κ3) is 5.57. The van der Waals surface area contributed by atoms with E-state index in [1.54, 1.807) is 13.0 Å². The van der Waals surface area contributed by atoms with Crippen LogP contribution in [0.1, 0.15) is 63.0 Å². The number of benzene rings is 1. The van der Waals surface area contributed by atoms with Crippen LogP contribution in [0.5, 0.6) is 0 Å². The number of likely N-dealkylation sites (tertiary alicyclic amines) is 1. The predicted octanol–water partition coefficient (Wildman–Crippen LogP) is 0.799. The monoisotopic (exact) mass is 534 g/mol. The van der Waals surface area contributed by atoms with Crippen molar-refractivity contribution in [3.8, 4) is 0 Å². The number of rotatable bonds is 13. The minimum atomic E-state index is -4.52. The second-order valence-corrected chi connectivity index (χ2v) is 11.4. The summed E-state index contributed by atoms with van der Waals surface area (Å²) in [7, 11) is -4.52. The molecule has 1 aliphatic heterocycles. The van der Waals surface area contributed by atoms with E-state index < -0.39 is 33.3 Å². The van der Waals surface area contributed by atoms with Gasteiger partial charge in [0, 0.05) is 19.4 Å². The van der Waals surface area contributed by atoms with E-state index in [9.17, 15) is 23.1 Å². The number of aliphatic hydroxyl groups is 1. The molecule has 0 saturated carbocycles. The number of fused-ring (bicyclic) bond motifs is 1. The number of hydrazone groups is 1. The van der Waals surface area contributed by atoms with E-state index in [1.165, 1.54) is 6.34 Å². The fraction of sp³-hybridized carbons (Fsp3) is 0.560. The number of nitrogens with two attached hydrogens (primary N) is 2. The number of carbonyl (C=O) groups is 2. The summed E-state index contributed by atoms with van der Waals surface area (Å²) in [4.78, 5) is 26.7. The van der Waals surface area contributed by atoms with Crippen LogP contribution in [0, 0.1) is 0 Å². The Balaban J connectivity index is 1.99. The minimum Gasteiger partial charge on any atom is -0.394 e. The Morgan fingerprint density at radius 2 is 1.97 bits per heavy atom. The largest absolute Gasteiger partial charge is 0.394 e. The summed E-state index contributed by atoms with van der Waals surface area (Å²) < 4.78 is 28.7. The van der Waals surface area contributed by atoms with Crippen LogP contribution >= 0.6 is 0 Å². The van der Waals surface area contributed by atoms with Gasteiger partial charge in [-0.15, -0.1) is 0 Å². The Labute approximate surface area is 218 Å². The quantitative estimate of drug-likeness (QED) is 0.0543. The fourth-order valence-electron chi connectivity index (χ4n) is 5.65. The number of sulfonamides is 1.